The summed E-state index contributed by atoms with van der Waals surface area (Å²) in [5, 5.41) is 1.15. The van der Waals surface area contributed by atoms with Crippen molar-refractivity contribution in [1.82, 2.24) is 4.57 Å². The van der Waals surface area contributed by atoms with Gasteiger partial charge in [-0.25, -0.2) is 0 Å². The monoisotopic (exact) mass is 412 g/mol. The third-order valence-electron chi connectivity index (χ3n) is 5.38. The summed E-state index contributed by atoms with van der Waals surface area (Å²) in [6, 6.07) is 22.3. The number of methoxy groups -OCH3 is 1. The van der Waals surface area contributed by atoms with Crippen LogP contribution in [0.5, 0.6) is 5.75 Å². The number of hydrogen-bond acceptors (Lipinski definition) is 3. The summed E-state index contributed by atoms with van der Waals surface area (Å²) < 4.78 is 6.75. The minimum atomic E-state index is -0.170. The molecule has 0 spiro atoms. The molecule has 0 radical (unpaired) electrons. The molecule has 0 saturated heterocycles. The van der Waals surface area contributed by atoms with Crippen LogP contribution in [0, 0.1) is 6.92 Å². The van der Waals surface area contributed by atoms with Gasteiger partial charge in [-0.15, -0.1) is 0 Å². The Morgan fingerprint density at radius 3 is 2.32 bits per heavy atom. The molecule has 1 heterocycles. The third-order valence-corrected chi connectivity index (χ3v) is 5.38. The molecule has 4 rings (SSSR count). The molecular formula is C26H24N2O3. The molecule has 0 aliphatic carbocycles. The van der Waals surface area contributed by atoms with Gasteiger partial charge in [0.1, 0.15) is 5.75 Å². The molecule has 156 valence electrons. The number of aryl methyl sites for hydroxylation is 1. The van der Waals surface area contributed by atoms with Gasteiger partial charge < -0.3 is 9.64 Å². The minimum absolute atomic E-state index is 0.147. The highest BCUT2D eigenvalue weighted by Crippen LogP contribution is 2.24. The normalized spacial score (nSPS) is 10.8. The minimum Gasteiger partial charge on any atom is -0.497 e. The Kier molecular flexibility index (Phi) is 5.58. The SMILES string of the molecule is CCN(C(=O)c1cn(-c2ccc(OC)cc2)c(=O)c2ccccc12)c1cccc(C)c1. The first-order valence-corrected chi connectivity index (χ1v) is 10.2. The lowest BCUT2D eigenvalue weighted by atomic mass is 10.1. The molecule has 0 N–H and O–H groups in total. The van der Waals surface area contributed by atoms with Crippen molar-refractivity contribution in [2.45, 2.75) is 13.8 Å². The summed E-state index contributed by atoms with van der Waals surface area (Å²) in [4.78, 5) is 28.6. The Morgan fingerprint density at radius 1 is 0.968 bits per heavy atom. The molecule has 0 fully saturated rings. The van der Waals surface area contributed by atoms with E-state index in [9.17, 15) is 9.59 Å². The number of carbonyl (C=O) groups excluding carboxylic acids is 1. The van der Waals surface area contributed by atoms with Crippen molar-refractivity contribution in [3.63, 3.8) is 0 Å². The van der Waals surface area contributed by atoms with Gasteiger partial charge >= 0.3 is 0 Å². The Labute approximate surface area is 181 Å². The zero-order chi connectivity index (χ0) is 22.0. The van der Waals surface area contributed by atoms with E-state index in [0.29, 0.717) is 34.3 Å². The molecule has 1 amide bonds. The van der Waals surface area contributed by atoms with Crippen molar-refractivity contribution in [1.29, 1.82) is 0 Å². The standard InChI is InChI=1S/C26H24N2O3/c1-4-27(20-9-7-8-18(2)16-20)26(30)24-17-28(19-12-14-21(31-3)15-13-19)25(29)23-11-6-5-10-22(23)24/h5-17H,4H2,1-3H3. The molecule has 0 aliphatic heterocycles. The molecular weight excluding hydrogens is 388 g/mol. The van der Waals surface area contributed by atoms with Crippen LogP contribution >= 0.6 is 0 Å². The van der Waals surface area contributed by atoms with Crippen LogP contribution in [0.1, 0.15) is 22.8 Å². The summed E-state index contributed by atoms with van der Waals surface area (Å²) >= 11 is 0. The van der Waals surface area contributed by atoms with Gasteiger partial charge in [-0.3, -0.25) is 14.2 Å². The Morgan fingerprint density at radius 2 is 1.68 bits per heavy atom. The molecule has 3 aromatic carbocycles. The second kappa shape index (κ2) is 8.48. The third kappa shape index (κ3) is 3.82. The number of amides is 1. The lowest BCUT2D eigenvalue weighted by Gasteiger charge is -2.23. The highest BCUT2D eigenvalue weighted by atomic mass is 16.5. The van der Waals surface area contributed by atoms with E-state index >= 15 is 0 Å². The van der Waals surface area contributed by atoms with Crippen molar-refractivity contribution in [3.05, 3.63) is 100 Å². The summed E-state index contributed by atoms with van der Waals surface area (Å²) in [5.41, 5.74) is 2.89. The van der Waals surface area contributed by atoms with Crippen LogP contribution in [0.3, 0.4) is 0 Å². The number of nitrogens with zero attached hydrogens (tertiary/aromatic N) is 2. The van der Waals surface area contributed by atoms with Gasteiger partial charge in [0.15, 0.2) is 0 Å². The molecule has 0 aliphatic rings. The molecule has 4 aromatic rings. The van der Waals surface area contributed by atoms with Gasteiger partial charge in [0.05, 0.1) is 12.7 Å². The summed E-state index contributed by atoms with van der Waals surface area (Å²) in [7, 11) is 1.60. The van der Waals surface area contributed by atoms with Crippen molar-refractivity contribution >= 4 is 22.4 Å². The first-order valence-electron chi connectivity index (χ1n) is 10.2. The topological polar surface area (TPSA) is 51.5 Å². The highest BCUT2D eigenvalue weighted by molar-refractivity contribution is 6.13. The van der Waals surface area contributed by atoms with Gasteiger partial charge in [0.2, 0.25) is 0 Å². The average Bonchev–Trinajstić information content (AvgIpc) is 2.80. The van der Waals surface area contributed by atoms with E-state index in [1.165, 1.54) is 4.57 Å². The molecule has 0 unspecified atom stereocenters. The number of pyridine rings is 1. The largest absolute Gasteiger partial charge is 0.497 e. The summed E-state index contributed by atoms with van der Waals surface area (Å²) in [6.45, 7) is 4.46. The van der Waals surface area contributed by atoms with Crippen LogP contribution in [0.2, 0.25) is 0 Å². The van der Waals surface area contributed by atoms with E-state index in [-0.39, 0.29) is 11.5 Å². The number of aromatic nitrogens is 1. The fourth-order valence-corrected chi connectivity index (χ4v) is 3.78. The van der Waals surface area contributed by atoms with Gasteiger partial charge in [-0.05, 0) is 61.9 Å². The number of rotatable bonds is 5. The van der Waals surface area contributed by atoms with E-state index in [1.54, 1.807) is 48.5 Å². The van der Waals surface area contributed by atoms with Gasteiger partial charge in [-0.2, -0.15) is 0 Å². The zero-order valence-electron chi connectivity index (χ0n) is 17.8. The fraction of sp³-hybridized carbons (Fsp3) is 0.154. The maximum atomic E-state index is 13.7. The second-order valence-corrected chi connectivity index (χ2v) is 7.35. The zero-order valence-corrected chi connectivity index (χ0v) is 17.8. The Hall–Kier alpha value is -3.86. The highest BCUT2D eigenvalue weighted by Gasteiger charge is 2.21. The van der Waals surface area contributed by atoms with Crippen molar-refractivity contribution in [2.75, 3.05) is 18.6 Å². The van der Waals surface area contributed by atoms with Crippen molar-refractivity contribution in [3.8, 4) is 11.4 Å². The van der Waals surface area contributed by atoms with Crippen LogP contribution in [0.25, 0.3) is 16.5 Å². The number of ether oxygens (including phenoxy) is 1. The predicted octanol–water partition coefficient (Wildman–Crippen LogP) is 4.97. The maximum absolute atomic E-state index is 13.7. The summed E-state index contributed by atoms with van der Waals surface area (Å²) in [5.74, 6) is 0.553. The van der Waals surface area contributed by atoms with Crippen molar-refractivity contribution in [2.24, 2.45) is 0 Å². The number of hydrogen-bond donors (Lipinski definition) is 0. The van der Waals surface area contributed by atoms with E-state index < -0.39 is 0 Å². The number of carbonyl (C=O) groups is 1. The van der Waals surface area contributed by atoms with Crippen LogP contribution < -0.4 is 15.2 Å². The van der Waals surface area contributed by atoms with E-state index in [4.69, 9.17) is 4.74 Å². The molecule has 31 heavy (non-hydrogen) atoms. The van der Waals surface area contributed by atoms with Crippen LogP contribution in [0.15, 0.2) is 83.8 Å². The van der Waals surface area contributed by atoms with E-state index in [2.05, 4.69) is 0 Å². The first-order chi connectivity index (χ1) is 15.0. The molecule has 0 atom stereocenters. The Balaban J connectivity index is 1.91. The number of benzene rings is 3. The average molecular weight is 412 g/mol. The van der Waals surface area contributed by atoms with Crippen molar-refractivity contribution < 1.29 is 9.53 Å². The lowest BCUT2D eigenvalue weighted by Crippen LogP contribution is -2.32. The quantitative estimate of drug-likeness (QED) is 0.465. The number of anilines is 1. The molecule has 0 saturated carbocycles. The predicted molar refractivity (Wildman–Crippen MR) is 125 cm³/mol. The number of fused-ring (bicyclic) bond motifs is 1. The van der Waals surface area contributed by atoms with Crippen LogP contribution in [-0.2, 0) is 0 Å². The van der Waals surface area contributed by atoms with Crippen LogP contribution in [0.4, 0.5) is 5.69 Å². The molecule has 0 bridgehead atoms. The second-order valence-electron chi connectivity index (χ2n) is 7.35. The lowest BCUT2D eigenvalue weighted by molar-refractivity contribution is 0.0989. The smallest absolute Gasteiger partial charge is 0.262 e. The fourth-order valence-electron chi connectivity index (χ4n) is 3.78. The summed E-state index contributed by atoms with van der Waals surface area (Å²) in [6.07, 6.45) is 1.65. The molecule has 5 heteroatoms. The van der Waals surface area contributed by atoms with E-state index in [0.717, 1.165) is 11.3 Å². The molecule has 5 nitrogen and oxygen atoms in total. The van der Waals surface area contributed by atoms with E-state index in [1.807, 2.05) is 56.3 Å². The Bertz CT molecular complexity index is 1310. The maximum Gasteiger partial charge on any atom is 0.262 e. The van der Waals surface area contributed by atoms with Crippen LogP contribution in [-0.4, -0.2) is 24.1 Å². The molecule has 1 aromatic heterocycles. The van der Waals surface area contributed by atoms with Gasteiger partial charge in [-0.1, -0.05) is 30.3 Å². The first kappa shape index (κ1) is 20.4. The van der Waals surface area contributed by atoms with Gasteiger partial charge in [0.25, 0.3) is 11.5 Å². The van der Waals surface area contributed by atoms with Gasteiger partial charge in [0, 0.05) is 34.9 Å².